The van der Waals surface area contributed by atoms with Gasteiger partial charge in [0.1, 0.15) is 6.54 Å². The molecule has 0 unspecified atom stereocenters. The molecule has 0 fully saturated rings. The van der Waals surface area contributed by atoms with Gasteiger partial charge in [-0.05, 0) is 28.1 Å². The quantitative estimate of drug-likeness (QED) is 0.777. The summed E-state index contributed by atoms with van der Waals surface area (Å²) in [6, 6.07) is 8.20. The minimum absolute atomic E-state index is 0.0794. The van der Waals surface area contributed by atoms with Gasteiger partial charge in [0.05, 0.1) is 12.1 Å². The molecule has 0 bridgehead atoms. The van der Waals surface area contributed by atoms with Crippen LogP contribution in [0.15, 0.2) is 28.7 Å². The van der Waals surface area contributed by atoms with Crippen molar-refractivity contribution in [2.75, 3.05) is 0 Å². The number of para-hydroxylation sites is 1. The van der Waals surface area contributed by atoms with Crippen molar-refractivity contribution >= 4 is 32.7 Å². The van der Waals surface area contributed by atoms with Crippen molar-refractivity contribution in [2.45, 2.75) is 13.1 Å². The molecule has 1 aliphatic heterocycles. The Bertz CT molecular complexity index is 559. The molecule has 0 atom stereocenters. The summed E-state index contributed by atoms with van der Waals surface area (Å²) in [5, 5.41) is 4.02. The van der Waals surface area contributed by atoms with E-state index in [4.69, 9.17) is 0 Å². The zero-order valence-corrected chi connectivity index (χ0v) is 9.54. The molecule has 1 N–H and O–H groups in total. The number of carbonyl (C=O) groups is 1. The van der Waals surface area contributed by atoms with E-state index >= 15 is 0 Å². The van der Waals surface area contributed by atoms with Gasteiger partial charge in [0.15, 0.2) is 0 Å². The van der Waals surface area contributed by atoms with Gasteiger partial charge in [-0.2, -0.15) is 0 Å². The Balaban J connectivity index is 2.35. The van der Waals surface area contributed by atoms with Gasteiger partial charge < -0.3 is 9.88 Å². The molecule has 2 aromatic rings. The van der Waals surface area contributed by atoms with E-state index in [9.17, 15) is 4.79 Å². The van der Waals surface area contributed by atoms with E-state index in [2.05, 4.69) is 37.9 Å². The van der Waals surface area contributed by atoms with Crippen LogP contribution in [-0.2, 0) is 17.9 Å². The second kappa shape index (κ2) is 3.10. The summed E-state index contributed by atoms with van der Waals surface area (Å²) in [6.45, 7) is 1.04. The third-order valence-corrected chi connectivity index (χ3v) is 3.37. The number of benzene rings is 1. The van der Waals surface area contributed by atoms with Gasteiger partial charge in [-0.3, -0.25) is 4.79 Å². The minimum atomic E-state index is 0.0794. The van der Waals surface area contributed by atoms with Crippen LogP contribution in [0.3, 0.4) is 0 Å². The first kappa shape index (κ1) is 8.97. The van der Waals surface area contributed by atoms with Crippen LogP contribution >= 0.6 is 15.9 Å². The number of amides is 1. The molecular formula is C11H9BrN2O. The Labute approximate surface area is 95.2 Å². The molecule has 0 spiro atoms. The van der Waals surface area contributed by atoms with E-state index in [1.807, 2.05) is 12.1 Å². The number of nitrogens with zero attached hydrogens (tertiary/aromatic N) is 1. The molecule has 3 rings (SSSR count). The van der Waals surface area contributed by atoms with Crippen LogP contribution < -0.4 is 5.32 Å². The maximum atomic E-state index is 11.3. The molecule has 1 aliphatic rings. The maximum Gasteiger partial charge on any atom is 0.240 e. The highest BCUT2D eigenvalue weighted by Crippen LogP contribution is 2.28. The van der Waals surface area contributed by atoms with Gasteiger partial charge in [0.25, 0.3) is 0 Å². The number of rotatable bonds is 0. The second-order valence-corrected chi connectivity index (χ2v) is 4.53. The van der Waals surface area contributed by atoms with Crippen LogP contribution in [-0.4, -0.2) is 10.5 Å². The summed E-state index contributed by atoms with van der Waals surface area (Å²) >= 11 is 3.52. The second-order valence-electron chi connectivity index (χ2n) is 3.68. The Morgan fingerprint density at radius 2 is 2.27 bits per heavy atom. The number of aromatic nitrogens is 1. The first-order valence-electron chi connectivity index (χ1n) is 4.79. The van der Waals surface area contributed by atoms with Gasteiger partial charge in [-0.1, -0.05) is 12.1 Å². The summed E-state index contributed by atoms with van der Waals surface area (Å²) in [5.74, 6) is 0.0794. The number of halogens is 1. The van der Waals surface area contributed by atoms with Crippen LogP contribution in [0.1, 0.15) is 5.69 Å². The third-order valence-electron chi connectivity index (χ3n) is 2.73. The van der Waals surface area contributed by atoms with E-state index in [0.717, 1.165) is 15.7 Å². The van der Waals surface area contributed by atoms with E-state index in [-0.39, 0.29) is 5.91 Å². The summed E-state index contributed by atoms with van der Waals surface area (Å²) < 4.78 is 3.11. The van der Waals surface area contributed by atoms with Crippen LogP contribution in [0.4, 0.5) is 0 Å². The Hall–Kier alpha value is -1.29. The summed E-state index contributed by atoms with van der Waals surface area (Å²) in [7, 11) is 0. The summed E-state index contributed by atoms with van der Waals surface area (Å²) in [5.41, 5.74) is 2.28. The van der Waals surface area contributed by atoms with Gasteiger partial charge in [-0.25, -0.2) is 0 Å². The van der Waals surface area contributed by atoms with Gasteiger partial charge >= 0.3 is 0 Å². The van der Waals surface area contributed by atoms with Crippen LogP contribution in [0.25, 0.3) is 10.9 Å². The van der Waals surface area contributed by atoms with Crippen molar-refractivity contribution in [2.24, 2.45) is 0 Å². The van der Waals surface area contributed by atoms with Gasteiger partial charge in [-0.15, -0.1) is 0 Å². The standard InChI is InChI=1S/C11H9BrN2O/c12-9-3-1-2-7-4-8-5-13-10(15)6-14(8)11(7)9/h1-4H,5-6H2,(H,13,15). The van der Waals surface area contributed by atoms with Crippen molar-refractivity contribution in [3.8, 4) is 0 Å². The van der Waals surface area contributed by atoms with E-state index < -0.39 is 0 Å². The molecule has 0 saturated carbocycles. The normalized spacial score (nSPS) is 15.1. The molecule has 3 nitrogen and oxygen atoms in total. The fourth-order valence-electron chi connectivity index (χ4n) is 2.05. The van der Waals surface area contributed by atoms with Crippen molar-refractivity contribution in [1.82, 2.24) is 9.88 Å². The SMILES string of the molecule is O=C1Cn2c(cc3cccc(Br)c32)CN1. The third kappa shape index (κ3) is 1.28. The van der Waals surface area contributed by atoms with Crippen LogP contribution in [0.5, 0.6) is 0 Å². The van der Waals surface area contributed by atoms with Gasteiger partial charge in [0, 0.05) is 15.6 Å². The Morgan fingerprint density at radius 3 is 3.13 bits per heavy atom. The Morgan fingerprint density at radius 1 is 1.40 bits per heavy atom. The molecule has 0 aliphatic carbocycles. The molecule has 2 heterocycles. The zero-order valence-electron chi connectivity index (χ0n) is 7.96. The number of hydrogen-bond donors (Lipinski definition) is 1. The average molecular weight is 265 g/mol. The minimum Gasteiger partial charge on any atom is -0.349 e. The van der Waals surface area contributed by atoms with Crippen molar-refractivity contribution < 1.29 is 4.79 Å². The lowest BCUT2D eigenvalue weighted by Crippen LogP contribution is -2.33. The fraction of sp³-hybridized carbons (Fsp3) is 0.182. The molecule has 0 saturated heterocycles. The van der Waals surface area contributed by atoms with Crippen LogP contribution in [0, 0.1) is 0 Å². The maximum absolute atomic E-state index is 11.3. The molecule has 1 aromatic heterocycles. The highest BCUT2D eigenvalue weighted by atomic mass is 79.9. The first-order chi connectivity index (χ1) is 7.25. The van der Waals surface area contributed by atoms with E-state index in [0.29, 0.717) is 13.1 Å². The van der Waals surface area contributed by atoms with Crippen LogP contribution in [0.2, 0.25) is 0 Å². The lowest BCUT2D eigenvalue weighted by atomic mass is 10.2. The molecule has 1 aromatic carbocycles. The van der Waals surface area contributed by atoms with Crippen molar-refractivity contribution in [3.05, 3.63) is 34.4 Å². The van der Waals surface area contributed by atoms with Crippen molar-refractivity contribution in [3.63, 3.8) is 0 Å². The molecule has 4 heteroatoms. The number of nitrogens with one attached hydrogen (secondary N) is 1. The Kier molecular flexibility index (Phi) is 1.85. The molecular weight excluding hydrogens is 256 g/mol. The summed E-state index contributed by atoms with van der Waals surface area (Å²) in [6.07, 6.45) is 0. The smallest absolute Gasteiger partial charge is 0.240 e. The predicted molar refractivity (Wildman–Crippen MR) is 61.5 cm³/mol. The lowest BCUT2D eigenvalue weighted by molar-refractivity contribution is -0.122. The average Bonchev–Trinajstić information content (AvgIpc) is 2.57. The summed E-state index contributed by atoms with van der Waals surface area (Å²) in [4.78, 5) is 11.3. The first-order valence-corrected chi connectivity index (χ1v) is 5.58. The van der Waals surface area contributed by atoms with Gasteiger partial charge in [0.2, 0.25) is 5.91 Å². The highest BCUT2D eigenvalue weighted by Gasteiger charge is 2.18. The van der Waals surface area contributed by atoms with E-state index in [1.54, 1.807) is 0 Å². The fourth-order valence-corrected chi connectivity index (χ4v) is 2.65. The highest BCUT2D eigenvalue weighted by molar-refractivity contribution is 9.10. The number of hydrogen-bond acceptors (Lipinski definition) is 1. The topological polar surface area (TPSA) is 34.0 Å². The zero-order chi connectivity index (χ0) is 10.4. The number of fused-ring (bicyclic) bond motifs is 3. The van der Waals surface area contributed by atoms with Crippen molar-refractivity contribution in [1.29, 1.82) is 0 Å². The largest absolute Gasteiger partial charge is 0.349 e. The molecule has 0 radical (unpaired) electrons. The molecule has 76 valence electrons. The monoisotopic (exact) mass is 264 g/mol. The molecule has 1 amide bonds. The predicted octanol–water partition coefficient (Wildman–Crippen LogP) is 2.03. The number of carbonyl (C=O) groups excluding carboxylic acids is 1. The van der Waals surface area contributed by atoms with E-state index in [1.165, 1.54) is 5.39 Å². The molecule has 15 heavy (non-hydrogen) atoms. The lowest BCUT2D eigenvalue weighted by Gasteiger charge is -2.17.